The Kier molecular flexibility index (Phi) is 8.97. The monoisotopic (exact) mass is 463 g/mol. The maximum absolute atomic E-state index is 11.6. The molecule has 8 nitrogen and oxygen atoms in total. The maximum Gasteiger partial charge on any atom is 0.333 e. The van der Waals surface area contributed by atoms with Crippen molar-refractivity contribution in [3.05, 3.63) is 23.3 Å². The molecule has 33 heavy (non-hydrogen) atoms. The molecular weight excluding hydrogens is 426 g/mol. The third kappa shape index (κ3) is 6.38. The second-order valence-corrected chi connectivity index (χ2v) is 8.88. The lowest BCUT2D eigenvalue weighted by Gasteiger charge is -2.37. The molecule has 3 rings (SSSR count). The summed E-state index contributed by atoms with van der Waals surface area (Å²) in [5, 5.41) is 9.48. The maximum atomic E-state index is 11.6. The second-order valence-electron chi connectivity index (χ2n) is 8.88. The molecule has 1 aliphatic carbocycles. The largest absolute Gasteiger partial charge is 0.493 e. The molecule has 0 radical (unpaired) electrons. The summed E-state index contributed by atoms with van der Waals surface area (Å²) in [4.78, 5) is 25.6. The summed E-state index contributed by atoms with van der Waals surface area (Å²) in [5.74, 6) is -0.355. The Balaban J connectivity index is 1.82. The molecule has 1 aromatic carbocycles. The molecule has 1 N–H and O–H groups in total. The number of carbonyl (C=O) groups excluding carboxylic acids is 1. The third-order valence-electron chi connectivity index (χ3n) is 6.37. The number of rotatable bonds is 10. The van der Waals surface area contributed by atoms with Crippen LogP contribution in [-0.2, 0) is 31.9 Å². The quantitative estimate of drug-likeness (QED) is 0.526. The number of ether oxygens (including phenoxy) is 4. The van der Waals surface area contributed by atoms with Gasteiger partial charge < -0.3 is 29.0 Å². The topological polar surface area (TPSA) is 94.5 Å². The van der Waals surface area contributed by atoms with Crippen molar-refractivity contribution < 1.29 is 33.6 Å². The van der Waals surface area contributed by atoms with Crippen LogP contribution < -0.4 is 9.47 Å². The SMILES string of the molecule is CCCN(CCC)C1CCc2c(ccc(OC)c2OC2CC(OC(C)=O)CC(C(=O)O)O2)C1. The molecule has 8 heteroatoms. The molecule has 1 fully saturated rings. The summed E-state index contributed by atoms with van der Waals surface area (Å²) in [6, 6.07) is 4.50. The Morgan fingerprint density at radius 2 is 1.91 bits per heavy atom. The van der Waals surface area contributed by atoms with E-state index in [2.05, 4.69) is 24.8 Å². The van der Waals surface area contributed by atoms with Crippen LogP contribution in [0.25, 0.3) is 0 Å². The van der Waals surface area contributed by atoms with E-state index in [1.807, 2.05) is 6.07 Å². The number of methoxy groups -OCH3 is 1. The Labute approximate surface area is 196 Å². The van der Waals surface area contributed by atoms with Gasteiger partial charge in [-0.2, -0.15) is 0 Å². The van der Waals surface area contributed by atoms with Gasteiger partial charge in [0.15, 0.2) is 17.6 Å². The first-order chi connectivity index (χ1) is 15.9. The molecule has 4 unspecified atom stereocenters. The summed E-state index contributed by atoms with van der Waals surface area (Å²) in [6.45, 7) is 7.94. The van der Waals surface area contributed by atoms with Gasteiger partial charge in [-0.1, -0.05) is 19.9 Å². The van der Waals surface area contributed by atoms with Crippen LogP contribution in [0.1, 0.15) is 64.0 Å². The van der Waals surface area contributed by atoms with Crippen LogP contribution in [-0.4, -0.2) is 66.7 Å². The standard InChI is InChI=1S/C25H37NO7/c1-5-11-26(12-6-2)18-8-9-20-17(13-18)7-10-21(30-4)24(20)33-23-15-19(31-16(3)27)14-22(32-23)25(28)29/h7,10,18-19,22-23H,5-6,8-9,11-15H2,1-4H3,(H,28,29). The predicted octanol–water partition coefficient (Wildman–Crippen LogP) is 3.57. The van der Waals surface area contributed by atoms with Crippen molar-refractivity contribution in [2.24, 2.45) is 0 Å². The summed E-state index contributed by atoms with van der Waals surface area (Å²) in [6.07, 6.45) is 2.92. The van der Waals surface area contributed by atoms with Gasteiger partial charge in [0.2, 0.25) is 6.29 Å². The zero-order chi connectivity index (χ0) is 24.0. The van der Waals surface area contributed by atoms with Crippen LogP contribution in [0, 0.1) is 0 Å². The van der Waals surface area contributed by atoms with Crippen LogP contribution in [0.15, 0.2) is 12.1 Å². The number of carbonyl (C=O) groups is 2. The summed E-state index contributed by atoms with van der Waals surface area (Å²) < 4.78 is 22.8. The molecular formula is C25H37NO7. The Morgan fingerprint density at radius 1 is 1.18 bits per heavy atom. The van der Waals surface area contributed by atoms with E-state index in [0.29, 0.717) is 17.5 Å². The normalized spacial score (nSPS) is 24.8. The van der Waals surface area contributed by atoms with Crippen LogP contribution >= 0.6 is 0 Å². The van der Waals surface area contributed by atoms with Crippen molar-refractivity contribution in [3.8, 4) is 11.5 Å². The first-order valence-electron chi connectivity index (χ1n) is 12.0. The van der Waals surface area contributed by atoms with E-state index in [4.69, 9.17) is 18.9 Å². The fraction of sp³-hybridized carbons (Fsp3) is 0.680. The van der Waals surface area contributed by atoms with Crippen molar-refractivity contribution in [1.82, 2.24) is 4.90 Å². The highest BCUT2D eigenvalue weighted by atomic mass is 16.7. The summed E-state index contributed by atoms with van der Waals surface area (Å²) in [5.41, 5.74) is 2.31. The molecule has 0 amide bonds. The molecule has 4 atom stereocenters. The lowest BCUT2D eigenvalue weighted by atomic mass is 9.86. The average Bonchev–Trinajstić information content (AvgIpc) is 2.78. The number of hydrogen-bond donors (Lipinski definition) is 1. The lowest BCUT2D eigenvalue weighted by Crippen LogP contribution is -2.44. The van der Waals surface area contributed by atoms with Gasteiger partial charge in [0.05, 0.1) is 7.11 Å². The van der Waals surface area contributed by atoms with Gasteiger partial charge in [-0.25, -0.2) is 4.79 Å². The summed E-state index contributed by atoms with van der Waals surface area (Å²) >= 11 is 0. The van der Waals surface area contributed by atoms with Crippen molar-refractivity contribution >= 4 is 11.9 Å². The highest BCUT2D eigenvalue weighted by Gasteiger charge is 2.37. The average molecular weight is 464 g/mol. The Bertz CT molecular complexity index is 821. The first kappa shape index (κ1) is 25.3. The molecule has 0 saturated carbocycles. The van der Waals surface area contributed by atoms with Crippen LogP contribution in [0.2, 0.25) is 0 Å². The van der Waals surface area contributed by atoms with E-state index in [9.17, 15) is 14.7 Å². The van der Waals surface area contributed by atoms with Gasteiger partial charge in [0, 0.05) is 31.4 Å². The number of fused-ring (bicyclic) bond motifs is 1. The highest BCUT2D eigenvalue weighted by molar-refractivity contribution is 5.72. The molecule has 1 saturated heterocycles. The van der Waals surface area contributed by atoms with E-state index in [0.717, 1.165) is 50.8 Å². The molecule has 0 aromatic heterocycles. The van der Waals surface area contributed by atoms with Crippen molar-refractivity contribution in [2.75, 3.05) is 20.2 Å². The smallest absolute Gasteiger partial charge is 0.333 e. The van der Waals surface area contributed by atoms with Crippen LogP contribution in [0.3, 0.4) is 0 Å². The van der Waals surface area contributed by atoms with E-state index in [-0.39, 0.29) is 12.8 Å². The van der Waals surface area contributed by atoms with E-state index < -0.39 is 30.4 Å². The van der Waals surface area contributed by atoms with Gasteiger partial charge in [-0.3, -0.25) is 4.79 Å². The number of carboxylic acid groups (broad SMARTS) is 1. The third-order valence-corrected chi connectivity index (χ3v) is 6.37. The minimum absolute atomic E-state index is 0.102. The minimum Gasteiger partial charge on any atom is -0.493 e. The molecule has 184 valence electrons. The number of esters is 1. The van der Waals surface area contributed by atoms with E-state index in [1.54, 1.807) is 7.11 Å². The molecule has 2 aliphatic rings. The van der Waals surface area contributed by atoms with Gasteiger partial charge >= 0.3 is 11.9 Å². The minimum atomic E-state index is -1.10. The van der Waals surface area contributed by atoms with Crippen LogP contribution in [0.5, 0.6) is 11.5 Å². The van der Waals surface area contributed by atoms with E-state index >= 15 is 0 Å². The Hall–Kier alpha value is -2.32. The van der Waals surface area contributed by atoms with Crippen LogP contribution in [0.4, 0.5) is 0 Å². The van der Waals surface area contributed by atoms with Gasteiger partial charge in [0.25, 0.3) is 0 Å². The zero-order valence-electron chi connectivity index (χ0n) is 20.2. The number of aliphatic carboxylic acids is 1. The molecule has 0 spiro atoms. The van der Waals surface area contributed by atoms with Gasteiger partial charge in [-0.15, -0.1) is 0 Å². The number of nitrogens with zero attached hydrogens (tertiary/aromatic N) is 1. The molecule has 1 heterocycles. The van der Waals surface area contributed by atoms with Crippen molar-refractivity contribution in [3.63, 3.8) is 0 Å². The first-order valence-corrected chi connectivity index (χ1v) is 12.0. The van der Waals surface area contributed by atoms with Crippen molar-refractivity contribution in [2.45, 2.75) is 90.3 Å². The number of benzene rings is 1. The number of carboxylic acids is 1. The molecule has 1 aliphatic heterocycles. The number of hydrogen-bond acceptors (Lipinski definition) is 7. The lowest BCUT2D eigenvalue weighted by molar-refractivity contribution is -0.202. The second kappa shape index (κ2) is 11.7. The highest BCUT2D eigenvalue weighted by Crippen LogP contribution is 2.40. The summed E-state index contributed by atoms with van der Waals surface area (Å²) in [7, 11) is 1.59. The zero-order valence-corrected chi connectivity index (χ0v) is 20.2. The Morgan fingerprint density at radius 3 is 2.52 bits per heavy atom. The fourth-order valence-electron chi connectivity index (χ4n) is 4.97. The molecule has 0 bridgehead atoms. The fourth-order valence-corrected chi connectivity index (χ4v) is 4.97. The van der Waals surface area contributed by atoms with Gasteiger partial charge in [-0.05, 0) is 56.8 Å². The molecule has 1 aromatic rings. The van der Waals surface area contributed by atoms with E-state index in [1.165, 1.54) is 12.5 Å². The predicted molar refractivity (Wildman–Crippen MR) is 123 cm³/mol. The van der Waals surface area contributed by atoms with Crippen molar-refractivity contribution in [1.29, 1.82) is 0 Å². The van der Waals surface area contributed by atoms with Gasteiger partial charge in [0.1, 0.15) is 6.10 Å².